The summed E-state index contributed by atoms with van der Waals surface area (Å²) in [4.78, 5) is 19.8. The molecule has 0 aromatic heterocycles. The summed E-state index contributed by atoms with van der Waals surface area (Å²) in [6.45, 7) is 8.31. The molecule has 2 heterocycles. The molecule has 0 bridgehead atoms. The lowest BCUT2D eigenvalue weighted by molar-refractivity contribution is -0.138. The zero-order chi connectivity index (χ0) is 32.8. The van der Waals surface area contributed by atoms with Gasteiger partial charge in [-0.15, -0.1) is 0 Å². The largest absolute Gasteiger partial charge is 0.492 e. The summed E-state index contributed by atoms with van der Waals surface area (Å²) in [6.07, 6.45) is 16.6. The van der Waals surface area contributed by atoms with Gasteiger partial charge < -0.3 is 20.5 Å². The number of carboxylic acids is 1. The zero-order valence-corrected chi connectivity index (χ0v) is 28.3. The van der Waals surface area contributed by atoms with Gasteiger partial charge in [-0.2, -0.15) is 0 Å². The lowest BCUT2D eigenvalue weighted by Crippen LogP contribution is -2.34. The molecule has 47 heavy (non-hydrogen) atoms. The van der Waals surface area contributed by atoms with Crippen LogP contribution in [-0.2, 0) is 4.79 Å². The van der Waals surface area contributed by atoms with E-state index in [9.17, 15) is 9.90 Å². The Hall–Kier alpha value is -4.10. The molecule has 2 aliphatic heterocycles. The lowest BCUT2D eigenvalue weighted by atomic mass is 9.91. The number of unbranched alkanes of at least 4 members (excludes halogenated alkanes) is 1. The number of hydrogen-bond donors (Lipinski definition) is 3. The first-order chi connectivity index (χ1) is 23.0. The number of aliphatic imine (C=N–C) groups is 1. The Balaban J connectivity index is 1.22. The SMILES string of the molecule is CC1=C(CCCCN(CCOc2ccccc2)CC[C@H](N=C2CC/C(C)=C/Nc3ccccc32)C(=O)O)C=CC2=C(CC1)NCCC2. The van der Waals surface area contributed by atoms with Crippen LogP contribution in [0.2, 0.25) is 0 Å². The van der Waals surface area contributed by atoms with Crippen LogP contribution in [0.25, 0.3) is 0 Å². The number of nitrogens with zero attached hydrogens (tertiary/aromatic N) is 2. The zero-order valence-electron chi connectivity index (χ0n) is 28.3. The second-order valence-corrected chi connectivity index (χ2v) is 13.0. The van der Waals surface area contributed by atoms with Gasteiger partial charge in [0.15, 0.2) is 0 Å². The van der Waals surface area contributed by atoms with E-state index < -0.39 is 12.0 Å². The van der Waals surface area contributed by atoms with Gasteiger partial charge in [-0.1, -0.05) is 59.7 Å². The van der Waals surface area contributed by atoms with Crippen molar-refractivity contribution in [2.24, 2.45) is 4.99 Å². The number of allylic oxidation sites excluding steroid dienone is 7. The van der Waals surface area contributed by atoms with Gasteiger partial charge in [0, 0.05) is 42.3 Å². The van der Waals surface area contributed by atoms with Crippen molar-refractivity contribution in [3.8, 4) is 5.75 Å². The molecule has 0 saturated carbocycles. The summed E-state index contributed by atoms with van der Waals surface area (Å²) in [5.41, 5.74) is 9.91. The topological polar surface area (TPSA) is 86.2 Å². The van der Waals surface area contributed by atoms with Crippen molar-refractivity contribution in [2.75, 3.05) is 38.1 Å². The van der Waals surface area contributed by atoms with Gasteiger partial charge in [-0.3, -0.25) is 9.89 Å². The summed E-state index contributed by atoms with van der Waals surface area (Å²) in [7, 11) is 0. The predicted octanol–water partition coefficient (Wildman–Crippen LogP) is 8.28. The molecule has 1 aliphatic carbocycles. The third-order valence-electron chi connectivity index (χ3n) is 9.51. The summed E-state index contributed by atoms with van der Waals surface area (Å²) < 4.78 is 6.05. The van der Waals surface area contributed by atoms with Crippen molar-refractivity contribution in [3.05, 3.63) is 107 Å². The average molecular weight is 637 g/mol. The number of carbonyl (C=O) groups is 1. The first kappa shape index (κ1) is 34.2. The van der Waals surface area contributed by atoms with Crippen molar-refractivity contribution >= 4 is 17.4 Å². The number of benzene rings is 2. The number of rotatable bonds is 14. The number of fused-ring (bicyclic) bond motifs is 1. The fourth-order valence-corrected chi connectivity index (χ4v) is 6.58. The maximum atomic E-state index is 12.5. The molecule has 0 unspecified atom stereocenters. The molecular formula is C40H52N4O3. The molecule has 2 aromatic carbocycles. The minimum atomic E-state index is -0.873. The van der Waals surface area contributed by atoms with E-state index in [0.717, 1.165) is 87.3 Å². The lowest BCUT2D eigenvalue weighted by Gasteiger charge is -2.24. The number of nitrogens with one attached hydrogen (secondary N) is 2. The first-order valence-electron chi connectivity index (χ1n) is 17.5. The summed E-state index contributed by atoms with van der Waals surface area (Å²) in [6, 6.07) is 17.1. The molecule has 250 valence electrons. The standard InChI is InChI=1S/C40H52N4O3/c1-30-17-21-38(35-15-6-7-16-37(35)42-29-30)43-39(40(45)46)23-26-44(27-28-47-34-13-4-3-5-14-34)25-9-8-11-32-19-20-33-12-10-24-41-36(33)22-18-31(32)2/h3-7,13-16,19-20,29,39,41-42H,8-12,17-18,21-28H2,1-2H3,(H,45,46)/b20-19?,30-29+,32-31?,43-38?/t39-/m0/s1. The van der Waals surface area contributed by atoms with Crippen LogP contribution >= 0.6 is 0 Å². The Morgan fingerprint density at radius 3 is 2.62 bits per heavy atom. The van der Waals surface area contributed by atoms with Crippen LogP contribution in [-0.4, -0.2) is 60.5 Å². The van der Waals surface area contributed by atoms with Gasteiger partial charge >= 0.3 is 5.97 Å². The normalized spacial score (nSPS) is 19.3. The van der Waals surface area contributed by atoms with Crippen LogP contribution in [0.4, 0.5) is 5.69 Å². The van der Waals surface area contributed by atoms with E-state index in [1.807, 2.05) is 60.8 Å². The van der Waals surface area contributed by atoms with E-state index in [1.54, 1.807) is 0 Å². The molecule has 0 saturated heterocycles. The Bertz CT molecular complexity index is 1500. The molecule has 0 radical (unpaired) electrons. The van der Waals surface area contributed by atoms with Crippen molar-refractivity contribution in [1.82, 2.24) is 10.2 Å². The van der Waals surface area contributed by atoms with E-state index in [0.29, 0.717) is 19.6 Å². The van der Waals surface area contributed by atoms with Crippen molar-refractivity contribution in [3.63, 3.8) is 0 Å². The van der Waals surface area contributed by atoms with Crippen LogP contribution < -0.4 is 15.4 Å². The van der Waals surface area contributed by atoms with Crippen LogP contribution in [0.15, 0.2) is 106 Å². The molecule has 2 aromatic rings. The maximum Gasteiger partial charge on any atom is 0.328 e. The molecule has 7 heteroatoms. The van der Waals surface area contributed by atoms with Crippen molar-refractivity contribution < 1.29 is 14.6 Å². The average Bonchev–Trinajstić information content (AvgIpc) is 3.08. The number of anilines is 1. The third-order valence-corrected chi connectivity index (χ3v) is 9.51. The Morgan fingerprint density at radius 2 is 1.77 bits per heavy atom. The highest BCUT2D eigenvalue weighted by atomic mass is 16.5. The highest BCUT2D eigenvalue weighted by Gasteiger charge is 2.21. The van der Waals surface area contributed by atoms with Gasteiger partial charge in [0.25, 0.3) is 0 Å². The van der Waals surface area contributed by atoms with Crippen LogP contribution in [0.1, 0.15) is 83.6 Å². The van der Waals surface area contributed by atoms with E-state index in [-0.39, 0.29) is 0 Å². The fourth-order valence-electron chi connectivity index (χ4n) is 6.58. The molecular weight excluding hydrogens is 584 g/mol. The molecule has 5 rings (SSSR count). The highest BCUT2D eigenvalue weighted by molar-refractivity contribution is 6.06. The summed E-state index contributed by atoms with van der Waals surface area (Å²) >= 11 is 0. The Morgan fingerprint density at radius 1 is 0.936 bits per heavy atom. The molecule has 3 aliphatic rings. The van der Waals surface area contributed by atoms with Gasteiger partial charge in [0.1, 0.15) is 18.4 Å². The third kappa shape index (κ3) is 10.4. The molecule has 0 spiro atoms. The van der Waals surface area contributed by atoms with E-state index in [2.05, 4.69) is 41.5 Å². The maximum absolute atomic E-state index is 12.5. The fraction of sp³-hybridized carbons (Fsp3) is 0.450. The number of carboxylic acid groups (broad SMARTS) is 1. The van der Waals surface area contributed by atoms with Crippen LogP contribution in [0, 0.1) is 0 Å². The number of para-hydroxylation sites is 2. The van der Waals surface area contributed by atoms with Crippen LogP contribution in [0.5, 0.6) is 5.75 Å². The van der Waals surface area contributed by atoms with E-state index >= 15 is 0 Å². The van der Waals surface area contributed by atoms with Gasteiger partial charge in [-0.25, -0.2) is 4.79 Å². The number of hydrogen-bond acceptors (Lipinski definition) is 6. The second-order valence-electron chi connectivity index (χ2n) is 13.0. The molecule has 0 fully saturated rings. The molecule has 3 N–H and O–H groups in total. The summed E-state index contributed by atoms with van der Waals surface area (Å²) in [5.74, 6) is -0.0178. The smallest absolute Gasteiger partial charge is 0.328 e. The van der Waals surface area contributed by atoms with Gasteiger partial charge in [0.05, 0.1) is 0 Å². The summed E-state index contributed by atoms with van der Waals surface area (Å²) in [5, 5.41) is 17.3. The molecule has 0 amide bonds. The molecule has 7 nitrogen and oxygen atoms in total. The Kier molecular flexibility index (Phi) is 12.9. The van der Waals surface area contributed by atoms with Crippen molar-refractivity contribution in [2.45, 2.75) is 84.1 Å². The van der Waals surface area contributed by atoms with Gasteiger partial charge in [0.2, 0.25) is 0 Å². The van der Waals surface area contributed by atoms with Crippen LogP contribution in [0.3, 0.4) is 0 Å². The van der Waals surface area contributed by atoms with Crippen molar-refractivity contribution in [1.29, 1.82) is 0 Å². The quantitative estimate of drug-likeness (QED) is 0.181. The highest BCUT2D eigenvalue weighted by Crippen LogP contribution is 2.28. The second kappa shape index (κ2) is 17.7. The first-order valence-corrected chi connectivity index (χ1v) is 17.5. The van der Waals surface area contributed by atoms with E-state index in [1.165, 1.54) is 40.8 Å². The van der Waals surface area contributed by atoms with Gasteiger partial charge in [-0.05, 0) is 120 Å². The van der Waals surface area contributed by atoms with E-state index in [4.69, 9.17) is 9.73 Å². The minimum absolute atomic E-state index is 0.451. The minimum Gasteiger partial charge on any atom is -0.492 e. The number of ether oxygens (including phenoxy) is 1. The Labute approximate surface area is 281 Å². The predicted molar refractivity (Wildman–Crippen MR) is 193 cm³/mol. The monoisotopic (exact) mass is 636 g/mol. The molecule has 1 atom stereocenters. The number of aliphatic carboxylic acids is 1.